The maximum Gasteiger partial charge on any atom is 0.0498 e. The summed E-state index contributed by atoms with van der Waals surface area (Å²) in [6.07, 6.45) is 7.48. The van der Waals surface area contributed by atoms with Gasteiger partial charge in [0.2, 0.25) is 0 Å². The molecule has 2 aromatic rings. The number of hydrogen-bond donors (Lipinski definition) is 0. The molecule has 2 saturated heterocycles. The standard InChI is InChI=1S/C13H20.C12H24O2.C12H24O.C12H18/c1-5-12(13(2,3)4)11-9-7-6-8-10-11;1-12(2,3)11(9-13-4)10-5-7-14-8-6-10;1-5-11(12(2,3)4)10-6-8-13-9-7-10;1-10(12(2,3)4)11-8-6-5-7-9-11/h6-10,12H,5H2,1-4H3;10-11H,5-9H2,1-4H3;10-11H,5-9H2,1-4H3;5-10H,1-4H3. The molecule has 0 bridgehead atoms. The molecule has 3 nitrogen and oxygen atoms in total. The van der Waals surface area contributed by atoms with Crippen molar-refractivity contribution in [1.29, 1.82) is 0 Å². The van der Waals surface area contributed by atoms with Gasteiger partial charge in [-0.15, -0.1) is 0 Å². The minimum Gasteiger partial charge on any atom is -0.384 e. The molecule has 0 aliphatic carbocycles. The molecule has 4 unspecified atom stereocenters. The van der Waals surface area contributed by atoms with E-state index in [1.54, 1.807) is 7.11 Å². The monoisotopic (exact) mass is 723 g/mol. The van der Waals surface area contributed by atoms with E-state index < -0.39 is 0 Å². The Bertz CT molecular complexity index is 1130. The Morgan fingerprint density at radius 1 is 0.538 bits per heavy atom. The van der Waals surface area contributed by atoms with Crippen LogP contribution in [0.3, 0.4) is 0 Å². The van der Waals surface area contributed by atoms with E-state index in [4.69, 9.17) is 14.2 Å². The molecular weight excluding hydrogens is 637 g/mol. The number of rotatable bonds is 8. The molecule has 4 atom stereocenters. The molecule has 2 fully saturated rings. The maximum atomic E-state index is 5.41. The highest BCUT2D eigenvalue weighted by Crippen LogP contribution is 2.40. The zero-order chi connectivity index (χ0) is 39.6. The fourth-order valence-electron chi connectivity index (χ4n) is 8.44. The van der Waals surface area contributed by atoms with Gasteiger partial charge >= 0.3 is 0 Å². The highest BCUT2D eigenvalue weighted by Gasteiger charge is 2.33. The van der Waals surface area contributed by atoms with E-state index in [1.807, 2.05) is 0 Å². The largest absolute Gasteiger partial charge is 0.384 e. The van der Waals surface area contributed by atoms with Gasteiger partial charge in [0.1, 0.15) is 0 Å². The Balaban J connectivity index is 0.000000347. The fraction of sp³-hybridized carbons (Fsp3) is 0.755. The molecule has 0 saturated carbocycles. The van der Waals surface area contributed by atoms with Crippen LogP contribution in [0, 0.1) is 45.3 Å². The van der Waals surface area contributed by atoms with Gasteiger partial charge in [-0.3, -0.25) is 0 Å². The first kappa shape index (κ1) is 48.3. The van der Waals surface area contributed by atoms with E-state index in [2.05, 4.69) is 165 Å². The number of hydrogen-bond acceptors (Lipinski definition) is 3. The van der Waals surface area contributed by atoms with Crippen LogP contribution in [0.15, 0.2) is 60.7 Å². The Labute approximate surface area is 324 Å². The van der Waals surface area contributed by atoms with Crippen LogP contribution >= 0.6 is 0 Å². The average Bonchev–Trinajstić information content (AvgIpc) is 3.08. The molecule has 4 rings (SSSR count). The quantitative estimate of drug-likeness (QED) is 0.271. The summed E-state index contributed by atoms with van der Waals surface area (Å²) in [6.45, 7) is 39.4. The lowest BCUT2D eigenvalue weighted by Crippen LogP contribution is -2.35. The Morgan fingerprint density at radius 2 is 0.923 bits per heavy atom. The number of methoxy groups -OCH3 is 1. The van der Waals surface area contributed by atoms with Gasteiger partial charge in [0, 0.05) is 40.1 Å². The van der Waals surface area contributed by atoms with E-state index in [0.29, 0.717) is 39.4 Å². The van der Waals surface area contributed by atoms with Gasteiger partial charge in [0.15, 0.2) is 0 Å². The van der Waals surface area contributed by atoms with Crippen LogP contribution in [0.4, 0.5) is 0 Å². The minimum atomic E-state index is 0.345. The van der Waals surface area contributed by atoms with Gasteiger partial charge in [-0.05, 0) is 100 Å². The van der Waals surface area contributed by atoms with Crippen molar-refractivity contribution < 1.29 is 14.2 Å². The van der Waals surface area contributed by atoms with Crippen molar-refractivity contribution in [3.05, 3.63) is 71.8 Å². The summed E-state index contributed by atoms with van der Waals surface area (Å²) in [5.74, 6) is 4.52. The fourth-order valence-corrected chi connectivity index (χ4v) is 8.44. The lowest BCUT2D eigenvalue weighted by molar-refractivity contribution is -0.0108. The molecule has 52 heavy (non-hydrogen) atoms. The van der Waals surface area contributed by atoms with Crippen molar-refractivity contribution in [2.24, 2.45) is 45.3 Å². The summed E-state index contributed by atoms with van der Waals surface area (Å²) in [5.41, 5.74) is 4.45. The second-order valence-electron chi connectivity index (χ2n) is 19.9. The van der Waals surface area contributed by atoms with Crippen LogP contribution in [0.1, 0.15) is 165 Å². The smallest absolute Gasteiger partial charge is 0.0498 e. The summed E-state index contributed by atoms with van der Waals surface area (Å²) in [7, 11) is 1.80. The minimum absolute atomic E-state index is 0.345. The van der Waals surface area contributed by atoms with Crippen molar-refractivity contribution in [2.75, 3.05) is 40.1 Å². The Hall–Kier alpha value is -1.68. The van der Waals surface area contributed by atoms with Crippen LogP contribution in [-0.4, -0.2) is 40.1 Å². The molecule has 0 aromatic heterocycles. The molecule has 300 valence electrons. The molecule has 2 heterocycles. The van der Waals surface area contributed by atoms with E-state index in [9.17, 15) is 0 Å². The molecular formula is C49H86O3. The highest BCUT2D eigenvalue weighted by atomic mass is 16.5. The Kier molecular flexibility index (Phi) is 21.6. The van der Waals surface area contributed by atoms with Crippen LogP contribution in [0.5, 0.6) is 0 Å². The van der Waals surface area contributed by atoms with Crippen molar-refractivity contribution in [2.45, 2.75) is 154 Å². The second-order valence-corrected chi connectivity index (χ2v) is 19.9. The third-order valence-corrected chi connectivity index (χ3v) is 11.9. The van der Waals surface area contributed by atoms with Crippen LogP contribution in [0.2, 0.25) is 0 Å². The highest BCUT2D eigenvalue weighted by molar-refractivity contribution is 5.21. The summed E-state index contributed by atoms with van der Waals surface area (Å²) in [6, 6.07) is 21.5. The molecule has 3 heteroatoms. The van der Waals surface area contributed by atoms with Crippen LogP contribution in [-0.2, 0) is 14.2 Å². The van der Waals surface area contributed by atoms with Gasteiger partial charge in [0.05, 0.1) is 0 Å². The normalized spacial score (nSPS) is 18.6. The first-order valence-electron chi connectivity index (χ1n) is 20.9. The SMILES string of the molecule is CC(c1ccccc1)C(C)(C)C.CCC(C1CCOCC1)C(C)(C)C.CCC(c1ccccc1)C(C)(C)C.COCC(C1CCOCC1)C(C)(C)C. The van der Waals surface area contributed by atoms with Crippen molar-refractivity contribution >= 4 is 0 Å². The first-order valence-corrected chi connectivity index (χ1v) is 20.9. The zero-order valence-corrected chi connectivity index (χ0v) is 37.2. The van der Waals surface area contributed by atoms with E-state index in [1.165, 1.54) is 49.7 Å². The lowest BCUT2D eigenvalue weighted by Gasteiger charge is -2.38. The van der Waals surface area contributed by atoms with Crippen LogP contribution < -0.4 is 0 Å². The summed E-state index contributed by atoms with van der Waals surface area (Å²) < 4.78 is 16.1. The molecule has 2 aliphatic heterocycles. The van der Waals surface area contributed by atoms with Gasteiger partial charge < -0.3 is 14.2 Å². The van der Waals surface area contributed by atoms with Gasteiger partial charge in [-0.1, -0.05) is 171 Å². The molecule has 2 aliphatic rings. The third kappa shape index (κ3) is 18.1. The van der Waals surface area contributed by atoms with Gasteiger partial charge in [0.25, 0.3) is 0 Å². The summed E-state index contributed by atoms with van der Waals surface area (Å²) in [4.78, 5) is 0. The third-order valence-electron chi connectivity index (χ3n) is 11.9. The van der Waals surface area contributed by atoms with E-state index >= 15 is 0 Å². The predicted octanol–water partition coefficient (Wildman–Crippen LogP) is 14.3. The summed E-state index contributed by atoms with van der Waals surface area (Å²) in [5, 5.41) is 0. The average molecular weight is 723 g/mol. The topological polar surface area (TPSA) is 27.7 Å². The molecule has 2 aromatic carbocycles. The number of benzene rings is 2. The lowest BCUT2D eigenvalue weighted by atomic mass is 9.69. The number of ether oxygens (including phenoxy) is 3. The van der Waals surface area contributed by atoms with Crippen molar-refractivity contribution in [1.82, 2.24) is 0 Å². The van der Waals surface area contributed by atoms with Crippen LogP contribution in [0.25, 0.3) is 0 Å². The van der Waals surface area contributed by atoms with Crippen molar-refractivity contribution in [3.63, 3.8) is 0 Å². The zero-order valence-electron chi connectivity index (χ0n) is 37.2. The maximum absolute atomic E-state index is 5.41. The molecule has 0 radical (unpaired) electrons. The molecule has 0 N–H and O–H groups in total. The Morgan fingerprint density at radius 3 is 1.23 bits per heavy atom. The van der Waals surface area contributed by atoms with E-state index in [0.717, 1.165) is 50.8 Å². The van der Waals surface area contributed by atoms with Gasteiger partial charge in [-0.25, -0.2) is 0 Å². The summed E-state index contributed by atoms with van der Waals surface area (Å²) >= 11 is 0. The predicted molar refractivity (Wildman–Crippen MR) is 228 cm³/mol. The first-order chi connectivity index (χ1) is 24.2. The van der Waals surface area contributed by atoms with E-state index in [-0.39, 0.29) is 0 Å². The van der Waals surface area contributed by atoms with Crippen molar-refractivity contribution in [3.8, 4) is 0 Å². The molecule has 0 amide bonds. The second kappa shape index (κ2) is 23.3. The van der Waals surface area contributed by atoms with Gasteiger partial charge in [-0.2, -0.15) is 0 Å². The molecule has 0 spiro atoms.